The van der Waals surface area contributed by atoms with Crippen LogP contribution >= 0.6 is 0 Å². The second kappa shape index (κ2) is 6.63. The molecule has 0 saturated carbocycles. The molecule has 5 nitrogen and oxygen atoms in total. The SMILES string of the molecule is Cc1ccc(N2C(=O)[C@H]3[C@H](C2=O)[C@H](C(=O)c2ccccc2)N2CCC[C@H]32)cc1C. The van der Waals surface area contributed by atoms with Crippen LogP contribution in [0, 0.1) is 25.7 Å². The first kappa shape index (κ1) is 18.3. The quantitative estimate of drug-likeness (QED) is 0.599. The van der Waals surface area contributed by atoms with Crippen LogP contribution in [0.4, 0.5) is 5.69 Å². The van der Waals surface area contributed by atoms with Gasteiger partial charge in [-0.15, -0.1) is 0 Å². The van der Waals surface area contributed by atoms with E-state index in [1.165, 1.54) is 4.90 Å². The number of nitrogens with zero attached hydrogens (tertiary/aromatic N) is 2. The number of amides is 2. The fraction of sp³-hybridized carbons (Fsp3) is 0.375. The smallest absolute Gasteiger partial charge is 0.239 e. The van der Waals surface area contributed by atoms with Crippen molar-refractivity contribution >= 4 is 23.3 Å². The maximum absolute atomic E-state index is 13.5. The van der Waals surface area contributed by atoms with Gasteiger partial charge in [0.05, 0.1) is 23.6 Å². The summed E-state index contributed by atoms with van der Waals surface area (Å²) in [5.41, 5.74) is 3.38. The molecule has 0 spiro atoms. The topological polar surface area (TPSA) is 57.7 Å². The molecular formula is C24H24N2O3. The average molecular weight is 388 g/mol. The van der Waals surface area contributed by atoms with Gasteiger partial charge in [0.15, 0.2) is 5.78 Å². The van der Waals surface area contributed by atoms with Gasteiger partial charge in [-0.05, 0) is 56.5 Å². The molecule has 0 radical (unpaired) electrons. The maximum atomic E-state index is 13.5. The fourth-order valence-corrected chi connectivity index (χ4v) is 5.41. The number of rotatable bonds is 3. The number of carbonyl (C=O) groups excluding carboxylic acids is 3. The molecule has 2 aromatic carbocycles. The minimum absolute atomic E-state index is 0.0225. The molecule has 3 aliphatic heterocycles. The van der Waals surface area contributed by atoms with Crippen LogP contribution in [0.5, 0.6) is 0 Å². The molecule has 148 valence electrons. The number of aryl methyl sites for hydroxylation is 2. The minimum atomic E-state index is -0.595. The molecule has 0 unspecified atom stereocenters. The number of ketones is 1. The van der Waals surface area contributed by atoms with Crippen molar-refractivity contribution in [2.45, 2.75) is 38.8 Å². The molecule has 29 heavy (non-hydrogen) atoms. The Labute approximate surface area is 170 Å². The highest BCUT2D eigenvalue weighted by atomic mass is 16.2. The van der Waals surface area contributed by atoms with Crippen molar-refractivity contribution in [3.8, 4) is 0 Å². The molecule has 0 N–H and O–H groups in total. The summed E-state index contributed by atoms with van der Waals surface area (Å²) in [5.74, 6) is -1.45. The van der Waals surface area contributed by atoms with E-state index in [2.05, 4.69) is 4.90 Å². The van der Waals surface area contributed by atoms with Crippen LogP contribution in [0.1, 0.15) is 34.3 Å². The van der Waals surface area contributed by atoms with Crippen LogP contribution in [0.3, 0.4) is 0 Å². The zero-order chi connectivity index (χ0) is 20.3. The first-order valence-corrected chi connectivity index (χ1v) is 10.3. The Balaban J connectivity index is 1.56. The fourth-order valence-electron chi connectivity index (χ4n) is 5.41. The lowest BCUT2D eigenvalue weighted by Crippen LogP contribution is -2.46. The Bertz CT molecular complexity index is 1020. The molecule has 5 heteroatoms. The van der Waals surface area contributed by atoms with Crippen molar-refractivity contribution in [1.82, 2.24) is 4.90 Å². The molecule has 2 amide bonds. The highest BCUT2D eigenvalue weighted by Gasteiger charge is 2.64. The molecule has 4 atom stereocenters. The molecule has 0 bridgehead atoms. The summed E-state index contributed by atoms with van der Waals surface area (Å²) in [5, 5.41) is 0. The Morgan fingerprint density at radius 2 is 1.66 bits per heavy atom. The van der Waals surface area contributed by atoms with Gasteiger partial charge in [0.25, 0.3) is 0 Å². The summed E-state index contributed by atoms with van der Waals surface area (Å²) in [4.78, 5) is 43.8. The predicted octanol–water partition coefficient (Wildman–Crippen LogP) is 3.14. The Morgan fingerprint density at radius 3 is 2.38 bits per heavy atom. The molecule has 3 heterocycles. The van der Waals surface area contributed by atoms with Crippen molar-refractivity contribution in [2.24, 2.45) is 11.8 Å². The zero-order valence-corrected chi connectivity index (χ0v) is 16.7. The first-order valence-electron chi connectivity index (χ1n) is 10.3. The van der Waals surface area contributed by atoms with Gasteiger partial charge in [-0.1, -0.05) is 36.4 Å². The third-order valence-corrected chi connectivity index (χ3v) is 6.93. The van der Waals surface area contributed by atoms with E-state index in [1.807, 2.05) is 50.2 Å². The summed E-state index contributed by atoms with van der Waals surface area (Å²) in [6, 6.07) is 14.2. The number of carbonyl (C=O) groups is 3. The molecule has 5 rings (SSSR count). The lowest BCUT2D eigenvalue weighted by molar-refractivity contribution is -0.123. The van der Waals surface area contributed by atoms with Gasteiger partial charge < -0.3 is 0 Å². The number of fused-ring (bicyclic) bond motifs is 3. The van der Waals surface area contributed by atoms with Crippen molar-refractivity contribution in [2.75, 3.05) is 11.4 Å². The van der Waals surface area contributed by atoms with Crippen molar-refractivity contribution in [3.05, 3.63) is 65.2 Å². The van der Waals surface area contributed by atoms with Crippen LogP contribution in [-0.2, 0) is 9.59 Å². The maximum Gasteiger partial charge on any atom is 0.239 e. The van der Waals surface area contributed by atoms with Gasteiger partial charge in [0, 0.05) is 11.6 Å². The standard InChI is InChI=1S/C24H24N2O3/c1-14-10-11-17(13-15(14)2)26-23(28)19-18-9-6-12-25(18)21(20(19)24(26)29)22(27)16-7-4-3-5-8-16/h3-5,7-8,10-11,13,18-21H,6,9,12H2,1-2H3/t18-,19-,20+,21-/m1/s1. The largest absolute Gasteiger partial charge is 0.292 e. The second-order valence-electron chi connectivity index (χ2n) is 8.45. The van der Waals surface area contributed by atoms with E-state index in [0.717, 1.165) is 30.5 Å². The van der Waals surface area contributed by atoms with Gasteiger partial charge in [0.2, 0.25) is 11.8 Å². The lowest BCUT2D eigenvalue weighted by Gasteiger charge is -2.27. The number of hydrogen-bond donors (Lipinski definition) is 0. The van der Waals surface area contributed by atoms with Crippen LogP contribution in [-0.4, -0.2) is 41.1 Å². The van der Waals surface area contributed by atoms with Gasteiger partial charge in [-0.3, -0.25) is 19.3 Å². The Morgan fingerprint density at radius 1 is 0.931 bits per heavy atom. The minimum Gasteiger partial charge on any atom is -0.292 e. The van der Waals surface area contributed by atoms with E-state index in [1.54, 1.807) is 12.1 Å². The van der Waals surface area contributed by atoms with Gasteiger partial charge >= 0.3 is 0 Å². The van der Waals surface area contributed by atoms with Crippen molar-refractivity contribution in [1.29, 1.82) is 0 Å². The summed E-state index contributed by atoms with van der Waals surface area (Å²) in [6.07, 6.45) is 1.82. The first-order chi connectivity index (χ1) is 14.0. The number of hydrogen-bond acceptors (Lipinski definition) is 4. The normalized spacial score (nSPS) is 28.7. The summed E-state index contributed by atoms with van der Waals surface area (Å²) in [7, 11) is 0. The monoisotopic (exact) mass is 388 g/mol. The number of benzene rings is 2. The Hall–Kier alpha value is -2.79. The number of imide groups is 1. The molecule has 3 fully saturated rings. The predicted molar refractivity (Wildman–Crippen MR) is 110 cm³/mol. The van der Waals surface area contributed by atoms with Crippen molar-refractivity contribution < 1.29 is 14.4 Å². The van der Waals surface area contributed by atoms with E-state index >= 15 is 0 Å². The number of Topliss-reactive ketones (excluding diaryl/α,β-unsaturated/α-hetero) is 1. The zero-order valence-electron chi connectivity index (χ0n) is 16.7. The Kier molecular flexibility index (Phi) is 4.17. The summed E-state index contributed by atoms with van der Waals surface area (Å²) in [6.45, 7) is 4.75. The molecule has 3 aliphatic rings. The van der Waals surface area contributed by atoms with Crippen molar-refractivity contribution in [3.63, 3.8) is 0 Å². The average Bonchev–Trinajstić information content (AvgIpc) is 3.37. The van der Waals surface area contributed by atoms with Crippen LogP contribution in [0.25, 0.3) is 0 Å². The van der Waals surface area contributed by atoms with Gasteiger partial charge in [-0.25, -0.2) is 4.90 Å². The molecule has 0 aromatic heterocycles. The van der Waals surface area contributed by atoms with E-state index in [4.69, 9.17) is 0 Å². The van der Waals surface area contributed by atoms with E-state index in [-0.39, 0.29) is 23.6 Å². The second-order valence-corrected chi connectivity index (χ2v) is 8.45. The lowest BCUT2D eigenvalue weighted by atomic mass is 9.85. The molecular weight excluding hydrogens is 364 g/mol. The van der Waals surface area contributed by atoms with Crippen LogP contribution in [0.2, 0.25) is 0 Å². The highest BCUT2D eigenvalue weighted by molar-refractivity contribution is 6.24. The molecule has 0 aliphatic carbocycles. The van der Waals surface area contributed by atoms with Crippen LogP contribution in [0.15, 0.2) is 48.5 Å². The van der Waals surface area contributed by atoms with E-state index in [9.17, 15) is 14.4 Å². The van der Waals surface area contributed by atoms with Crippen LogP contribution < -0.4 is 4.90 Å². The third-order valence-electron chi connectivity index (χ3n) is 6.93. The highest BCUT2D eigenvalue weighted by Crippen LogP contribution is 2.48. The molecule has 3 saturated heterocycles. The van der Waals surface area contributed by atoms with Gasteiger partial charge in [-0.2, -0.15) is 0 Å². The van der Waals surface area contributed by atoms with E-state index < -0.39 is 17.9 Å². The van der Waals surface area contributed by atoms with Gasteiger partial charge in [0.1, 0.15) is 0 Å². The number of anilines is 1. The summed E-state index contributed by atoms with van der Waals surface area (Å²) >= 11 is 0. The third kappa shape index (κ3) is 2.60. The van der Waals surface area contributed by atoms with E-state index in [0.29, 0.717) is 11.3 Å². The summed E-state index contributed by atoms with van der Waals surface area (Å²) < 4.78 is 0. The molecule has 2 aromatic rings.